The van der Waals surface area contributed by atoms with E-state index in [4.69, 9.17) is 10.00 Å². The van der Waals surface area contributed by atoms with E-state index in [1.165, 1.54) is 11.6 Å². The molecule has 228 valence electrons. The number of aromatic nitrogens is 1. The number of carbonyl (C=O) groups is 1. The molecule has 0 atom stereocenters. The molecule has 43 heavy (non-hydrogen) atoms. The molecule has 1 aliphatic carbocycles. The van der Waals surface area contributed by atoms with Gasteiger partial charge in [0, 0.05) is 35.8 Å². The molecule has 0 radical (unpaired) electrons. The van der Waals surface area contributed by atoms with Gasteiger partial charge in [0.25, 0.3) is 5.91 Å². The normalized spacial score (nSPS) is 16.7. The number of carbonyl (C=O) groups excluding carboxylic acids is 1. The number of amides is 1. The lowest BCUT2D eigenvalue weighted by Crippen LogP contribution is -2.36. The van der Waals surface area contributed by atoms with Crippen LogP contribution in [0.3, 0.4) is 0 Å². The van der Waals surface area contributed by atoms with E-state index >= 15 is 0 Å². The van der Waals surface area contributed by atoms with Gasteiger partial charge in [0.2, 0.25) is 0 Å². The van der Waals surface area contributed by atoms with Crippen LogP contribution >= 0.6 is 0 Å². The van der Waals surface area contributed by atoms with Gasteiger partial charge in [-0.2, -0.15) is 18.4 Å². The molecule has 1 heterocycles. The van der Waals surface area contributed by atoms with Crippen molar-refractivity contribution in [3.8, 4) is 23.7 Å². The third kappa shape index (κ3) is 8.36. The highest BCUT2D eigenvalue weighted by Crippen LogP contribution is 2.32. The number of hydrogen-bond donors (Lipinski definition) is 3. The first-order chi connectivity index (χ1) is 20.6. The predicted molar refractivity (Wildman–Crippen MR) is 162 cm³/mol. The first kappa shape index (κ1) is 31.6. The number of nitrogens with zero attached hydrogens (tertiary/aromatic N) is 3. The molecule has 0 unspecified atom stereocenters. The summed E-state index contributed by atoms with van der Waals surface area (Å²) in [7, 11) is 5.70. The summed E-state index contributed by atoms with van der Waals surface area (Å²) in [6, 6.07) is 14.8. The number of nitrogens with one attached hydrogen (secondary N) is 3. The van der Waals surface area contributed by atoms with E-state index in [2.05, 4.69) is 46.8 Å². The van der Waals surface area contributed by atoms with Gasteiger partial charge >= 0.3 is 6.18 Å². The average Bonchev–Trinajstić information content (AvgIpc) is 3.32. The lowest BCUT2D eigenvalue weighted by atomic mass is 9.90. The third-order valence-electron chi connectivity index (χ3n) is 7.60. The number of halogens is 3. The Hall–Kier alpha value is -4.35. The van der Waals surface area contributed by atoms with Crippen LogP contribution in [0.15, 0.2) is 42.5 Å². The number of hydrogen-bond acceptors (Lipinski definition) is 6. The van der Waals surface area contributed by atoms with E-state index in [-0.39, 0.29) is 37.2 Å². The van der Waals surface area contributed by atoms with Crippen LogP contribution in [0.4, 0.5) is 24.5 Å². The fourth-order valence-corrected chi connectivity index (χ4v) is 5.37. The Labute approximate surface area is 250 Å². The quantitative estimate of drug-likeness (QED) is 0.209. The summed E-state index contributed by atoms with van der Waals surface area (Å²) in [6.07, 6.45) is -0.128. The number of nitriles is 1. The van der Waals surface area contributed by atoms with E-state index in [1.54, 1.807) is 36.4 Å². The molecule has 1 fully saturated rings. The van der Waals surface area contributed by atoms with Gasteiger partial charge in [-0.25, -0.2) is 0 Å². The summed E-state index contributed by atoms with van der Waals surface area (Å²) in [4.78, 5) is 14.3. The maximum atomic E-state index is 13.6. The molecule has 0 aliphatic heterocycles. The van der Waals surface area contributed by atoms with Gasteiger partial charge in [0.1, 0.15) is 18.9 Å². The van der Waals surface area contributed by atoms with Crippen LogP contribution in [0, 0.1) is 23.2 Å². The largest absolute Gasteiger partial charge is 0.490 e. The van der Waals surface area contributed by atoms with Crippen LogP contribution in [-0.2, 0) is 6.54 Å². The van der Waals surface area contributed by atoms with Crippen LogP contribution in [0.25, 0.3) is 10.9 Å². The second-order valence-electron chi connectivity index (χ2n) is 10.8. The van der Waals surface area contributed by atoms with Crippen molar-refractivity contribution in [1.82, 2.24) is 14.8 Å². The van der Waals surface area contributed by atoms with Crippen LogP contribution in [0.1, 0.15) is 48.2 Å². The smallest absolute Gasteiger partial charge is 0.406 e. The van der Waals surface area contributed by atoms with Crippen molar-refractivity contribution in [1.29, 1.82) is 5.26 Å². The van der Waals surface area contributed by atoms with Crippen molar-refractivity contribution in [2.75, 3.05) is 44.9 Å². The number of anilines is 2. The van der Waals surface area contributed by atoms with Crippen molar-refractivity contribution in [2.24, 2.45) is 0 Å². The Bertz CT molecular complexity index is 1520. The van der Waals surface area contributed by atoms with Crippen LogP contribution in [0.5, 0.6) is 5.75 Å². The van der Waals surface area contributed by atoms with Crippen LogP contribution in [-0.4, -0.2) is 67.9 Å². The molecule has 0 bridgehead atoms. The maximum absolute atomic E-state index is 13.6. The molecular weight excluding hydrogens is 557 g/mol. The van der Waals surface area contributed by atoms with Crippen LogP contribution < -0.4 is 20.7 Å². The second kappa shape index (κ2) is 14.2. The minimum absolute atomic E-state index is 0.113. The van der Waals surface area contributed by atoms with Crippen molar-refractivity contribution in [3.05, 3.63) is 53.7 Å². The first-order valence-electron chi connectivity index (χ1n) is 14.3. The number of rotatable bonds is 10. The standard InChI is InChI=1S/C32H37F3N6O2/c1-37-31(42)22-10-15-28(30(19-22)43-18-6-16-36)38-17-5-7-25-20-26-27(39-23-11-13-24(14-12-23)40(2)3)8-4-9-29(26)41(25)21-32(33,34)35/h4,8-10,15,19-20,23-24,38-39H,6,11-14,17-18,21H2,1-3H3,(H,37,42)/t23-,24-. The summed E-state index contributed by atoms with van der Waals surface area (Å²) >= 11 is 0. The Morgan fingerprint density at radius 3 is 2.56 bits per heavy atom. The number of alkyl halides is 3. The minimum Gasteiger partial charge on any atom is -0.490 e. The van der Waals surface area contributed by atoms with Gasteiger partial charge in [-0.15, -0.1) is 0 Å². The molecule has 8 nitrogen and oxygen atoms in total. The predicted octanol–water partition coefficient (Wildman–Crippen LogP) is 5.60. The Morgan fingerprint density at radius 2 is 1.88 bits per heavy atom. The molecule has 1 amide bonds. The Kier molecular flexibility index (Phi) is 10.4. The Balaban J connectivity index is 1.56. The third-order valence-corrected chi connectivity index (χ3v) is 7.60. The Morgan fingerprint density at radius 1 is 1.12 bits per heavy atom. The molecule has 1 aromatic heterocycles. The van der Waals surface area contributed by atoms with E-state index in [9.17, 15) is 18.0 Å². The first-order valence-corrected chi connectivity index (χ1v) is 14.3. The highest BCUT2D eigenvalue weighted by Gasteiger charge is 2.30. The van der Waals surface area contributed by atoms with Crippen molar-refractivity contribution in [2.45, 2.75) is 56.9 Å². The summed E-state index contributed by atoms with van der Waals surface area (Å²) in [5.41, 5.74) is 2.48. The second-order valence-corrected chi connectivity index (χ2v) is 10.8. The fraction of sp³-hybridized carbons (Fsp3) is 0.438. The molecule has 4 rings (SSSR count). The fourth-order valence-electron chi connectivity index (χ4n) is 5.37. The molecule has 0 saturated heterocycles. The molecule has 0 spiro atoms. The zero-order valence-corrected chi connectivity index (χ0v) is 24.6. The summed E-state index contributed by atoms with van der Waals surface area (Å²) in [5, 5.41) is 18.8. The van der Waals surface area contributed by atoms with E-state index in [0.717, 1.165) is 31.4 Å². The minimum atomic E-state index is -4.42. The molecule has 1 saturated carbocycles. The van der Waals surface area contributed by atoms with E-state index in [1.807, 2.05) is 12.1 Å². The zero-order chi connectivity index (χ0) is 31.0. The molecule has 11 heteroatoms. The van der Waals surface area contributed by atoms with Gasteiger partial charge in [-0.1, -0.05) is 12.0 Å². The SMILES string of the molecule is CNC(=O)c1ccc(NCC#Cc2cc3c(N[C@H]4CC[C@H](N(C)C)CC4)cccc3n2CC(F)(F)F)c(OCCC#N)c1. The summed E-state index contributed by atoms with van der Waals surface area (Å²) < 4.78 is 47.8. The van der Waals surface area contributed by atoms with Gasteiger partial charge in [-0.3, -0.25) is 4.79 Å². The van der Waals surface area contributed by atoms with Gasteiger partial charge in [0.05, 0.1) is 35.9 Å². The van der Waals surface area contributed by atoms with Gasteiger partial charge < -0.3 is 30.2 Å². The van der Waals surface area contributed by atoms with Crippen molar-refractivity contribution < 1.29 is 22.7 Å². The lowest BCUT2D eigenvalue weighted by molar-refractivity contribution is -0.140. The van der Waals surface area contributed by atoms with Crippen molar-refractivity contribution in [3.63, 3.8) is 0 Å². The zero-order valence-electron chi connectivity index (χ0n) is 24.6. The molecule has 3 aromatic rings. The van der Waals surface area contributed by atoms with Crippen molar-refractivity contribution >= 4 is 28.2 Å². The highest BCUT2D eigenvalue weighted by molar-refractivity contribution is 5.95. The average molecular weight is 595 g/mol. The lowest BCUT2D eigenvalue weighted by Gasteiger charge is -2.33. The van der Waals surface area contributed by atoms with Crippen LogP contribution in [0.2, 0.25) is 0 Å². The number of benzene rings is 2. The highest BCUT2D eigenvalue weighted by atomic mass is 19.4. The number of fused-ring (bicyclic) bond motifs is 1. The van der Waals surface area contributed by atoms with E-state index in [0.29, 0.717) is 33.9 Å². The van der Waals surface area contributed by atoms with Gasteiger partial charge in [0.15, 0.2) is 0 Å². The topological polar surface area (TPSA) is 94.3 Å². The monoisotopic (exact) mass is 594 g/mol. The van der Waals surface area contributed by atoms with E-state index < -0.39 is 12.7 Å². The molecule has 2 aromatic carbocycles. The number of ether oxygens (including phenoxy) is 1. The molecular formula is C32H37F3N6O2. The van der Waals surface area contributed by atoms with Gasteiger partial charge in [-0.05, 0) is 82.1 Å². The molecule has 3 N–H and O–H groups in total. The summed E-state index contributed by atoms with van der Waals surface area (Å²) in [5.74, 6) is 5.95. The summed E-state index contributed by atoms with van der Waals surface area (Å²) in [6.45, 7) is -0.899. The maximum Gasteiger partial charge on any atom is 0.406 e. The molecule has 1 aliphatic rings.